The Morgan fingerprint density at radius 3 is 2.43 bits per heavy atom. The van der Waals surface area contributed by atoms with Crippen LogP contribution in [-0.4, -0.2) is 29.1 Å². The number of carbonyl (C=O) groups excluding carboxylic acids is 1. The molecule has 1 N–H and O–H groups in total. The van der Waals surface area contributed by atoms with Crippen LogP contribution in [0.25, 0.3) is 0 Å². The van der Waals surface area contributed by atoms with Gasteiger partial charge < -0.3 is 4.90 Å². The summed E-state index contributed by atoms with van der Waals surface area (Å²) < 4.78 is 37.9. The summed E-state index contributed by atoms with van der Waals surface area (Å²) in [5.74, 6) is -0.261. The van der Waals surface area contributed by atoms with Crippen molar-refractivity contribution in [1.82, 2.24) is 10.2 Å². The normalized spacial score (nSPS) is 24.4. The molecule has 1 heterocycles. The van der Waals surface area contributed by atoms with Crippen molar-refractivity contribution in [2.45, 2.75) is 51.1 Å². The molecule has 116 valence electrons. The van der Waals surface area contributed by atoms with E-state index in [0.717, 1.165) is 5.56 Å². The highest BCUT2D eigenvalue weighted by molar-refractivity contribution is 5.84. The third-order valence-electron chi connectivity index (χ3n) is 3.72. The molecule has 1 aromatic rings. The van der Waals surface area contributed by atoms with Gasteiger partial charge in [-0.05, 0) is 18.9 Å². The molecule has 3 atom stereocenters. The number of nitrogens with one attached hydrogen (secondary N) is 1. The molecular formula is C15H19F3N2O. The smallest absolute Gasteiger partial charge is 0.319 e. The van der Waals surface area contributed by atoms with Crippen LogP contribution in [0.4, 0.5) is 13.2 Å². The minimum Gasteiger partial charge on any atom is -0.319 e. The standard InChI is InChI=1S/C15H19F3N2O/c1-3-12-14(21)20(10(2)9-15(16,17)18)13(19-12)11-7-5-4-6-8-11/h4-8,10,12-13,19H,3,9H2,1-2H3. The molecule has 1 aliphatic heterocycles. The fourth-order valence-corrected chi connectivity index (χ4v) is 2.74. The minimum absolute atomic E-state index is 0.261. The molecule has 2 rings (SSSR count). The Bertz CT molecular complexity index is 489. The fraction of sp³-hybridized carbons (Fsp3) is 0.533. The van der Waals surface area contributed by atoms with Crippen LogP contribution >= 0.6 is 0 Å². The zero-order chi connectivity index (χ0) is 15.6. The molecule has 1 amide bonds. The van der Waals surface area contributed by atoms with E-state index in [2.05, 4.69) is 5.32 Å². The zero-order valence-corrected chi connectivity index (χ0v) is 12.0. The molecule has 0 bridgehead atoms. The highest BCUT2D eigenvalue weighted by atomic mass is 19.4. The fourth-order valence-electron chi connectivity index (χ4n) is 2.74. The molecule has 0 saturated carbocycles. The van der Waals surface area contributed by atoms with Crippen molar-refractivity contribution in [1.29, 1.82) is 0 Å². The van der Waals surface area contributed by atoms with Crippen LogP contribution in [0.15, 0.2) is 30.3 Å². The van der Waals surface area contributed by atoms with Gasteiger partial charge in [-0.2, -0.15) is 13.2 Å². The summed E-state index contributed by atoms with van der Waals surface area (Å²) in [6.45, 7) is 3.29. The number of rotatable bonds is 4. The Balaban J connectivity index is 2.27. The summed E-state index contributed by atoms with van der Waals surface area (Å²) in [5, 5.41) is 3.13. The molecule has 0 spiro atoms. The number of alkyl halides is 3. The second-order valence-corrected chi connectivity index (χ2v) is 5.35. The second kappa shape index (κ2) is 6.05. The Morgan fingerprint density at radius 1 is 1.29 bits per heavy atom. The van der Waals surface area contributed by atoms with Crippen molar-refractivity contribution in [2.24, 2.45) is 0 Å². The molecule has 6 heteroatoms. The first-order valence-electron chi connectivity index (χ1n) is 7.03. The average molecular weight is 300 g/mol. The Kier molecular flexibility index (Phi) is 4.56. The van der Waals surface area contributed by atoms with Crippen molar-refractivity contribution in [2.75, 3.05) is 0 Å². The van der Waals surface area contributed by atoms with Crippen molar-refractivity contribution >= 4 is 5.91 Å². The Hall–Kier alpha value is -1.56. The Labute approximate surface area is 122 Å². The van der Waals surface area contributed by atoms with Gasteiger partial charge in [0.2, 0.25) is 5.91 Å². The summed E-state index contributed by atoms with van der Waals surface area (Å²) in [7, 11) is 0. The summed E-state index contributed by atoms with van der Waals surface area (Å²) in [5.41, 5.74) is 0.802. The third-order valence-corrected chi connectivity index (χ3v) is 3.72. The van der Waals surface area contributed by atoms with Gasteiger partial charge in [-0.1, -0.05) is 37.3 Å². The molecule has 3 unspecified atom stereocenters. The number of halogens is 3. The highest BCUT2D eigenvalue weighted by Gasteiger charge is 2.44. The van der Waals surface area contributed by atoms with Gasteiger partial charge in [-0.25, -0.2) is 0 Å². The maximum absolute atomic E-state index is 12.6. The van der Waals surface area contributed by atoms with Gasteiger partial charge in [0.15, 0.2) is 0 Å². The lowest BCUT2D eigenvalue weighted by atomic mass is 10.1. The van der Waals surface area contributed by atoms with E-state index in [9.17, 15) is 18.0 Å². The number of carbonyl (C=O) groups is 1. The van der Waals surface area contributed by atoms with Gasteiger partial charge in [0.1, 0.15) is 6.17 Å². The van der Waals surface area contributed by atoms with Crippen LogP contribution in [0.3, 0.4) is 0 Å². The van der Waals surface area contributed by atoms with Gasteiger partial charge in [0, 0.05) is 6.04 Å². The van der Waals surface area contributed by atoms with E-state index in [0.29, 0.717) is 6.42 Å². The van der Waals surface area contributed by atoms with Crippen LogP contribution < -0.4 is 5.32 Å². The molecule has 0 radical (unpaired) electrons. The van der Waals surface area contributed by atoms with Crippen molar-refractivity contribution in [3.63, 3.8) is 0 Å². The van der Waals surface area contributed by atoms with Gasteiger partial charge in [-0.3, -0.25) is 10.1 Å². The largest absolute Gasteiger partial charge is 0.391 e. The van der Waals surface area contributed by atoms with E-state index in [1.165, 1.54) is 11.8 Å². The number of amides is 1. The van der Waals surface area contributed by atoms with Crippen LogP contribution in [0.2, 0.25) is 0 Å². The van der Waals surface area contributed by atoms with Crippen LogP contribution in [0.1, 0.15) is 38.4 Å². The summed E-state index contributed by atoms with van der Waals surface area (Å²) in [6, 6.07) is 7.77. The van der Waals surface area contributed by atoms with Gasteiger partial charge in [0.05, 0.1) is 12.5 Å². The molecule has 0 aliphatic carbocycles. The van der Waals surface area contributed by atoms with Gasteiger partial charge in [0.25, 0.3) is 0 Å². The molecule has 3 nitrogen and oxygen atoms in total. The van der Waals surface area contributed by atoms with Crippen molar-refractivity contribution < 1.29 is 18.0 Å². The van der Waals surface area contributed by atoms with Crippen LogP contribution in [-0.2, 0) is 4.79 Å². The van der Waals surface area contributed by atoms with E-state index in [4.69, 9.17) is 0 Å². The van der Waals surface area contributed by atoms with E-state index >= 15 is 0 Å². The highest BCUT2D eigenvalue weighted by Crippen LogP contribution is 2.32. The SMILES string of the molecule is CCC1NC(c2ccccc2)N(C(C)CC(F)(F)F)C1=O. The molecule has 1 aromatic carbocycles. The zero-order valence-electron chi connectivity index (χ0n) is 12.0. The monoisotopic (exact) mass is 300 g/mol. The van der Waals surface area contributed by atoms with Crippen LogP contribution in [0.5, 0.6) is 0 Å². The number of nitrogens with zero attached hydrogens (tertiary/aromatic N) is 1. The summed E-state index contributed by atoms with van der Waals surface area (Å²) in [6.07, 6.45) is -5.23. The van der Waals surface area contributed by atoms with Gasteiger partial charge >= 0.3 is 6.18 Å². The maximum atomic E-state index is 12.6. The lowest BCUT2D eigenvalue weighted by molar-refractivity contribution is -0.153. The average Bonchev–Trinajstić information content (AvgIpc) is 2.75. The first-order chi connectivity index (χ1) is 9.83. The molecule has 1 fully saturated rings. The van der Waals surface area contributed by atoms with E-state index in [1.54, 1.807) is 0 Å². The third kappa shape index (κ3) is 3.56. The summed E-state index contributed by atoms with van der Waals surface area (Å²) in [4.78, 5) is 13.7. The van der Waals surface area contributed by atoms with E-state index < -0.39 is 30.8 Å². The van der Waals surface area contributed by atoms with E-state index in [-0.39, 0.29) is 5.91 Å². The number of hydrogen-bond acceptors (Lipinski definition) is 2. The predicted octanol–water partition coefficient (Wildman–Crippen LogP) is 3.24. The second-order valence-electron chi connectivity index (χ2n) is 5.35. The molecular weight excluding hydrogens is 281 g/mol. The maximum Gasteiger partial charge on any atom is 0.391 e. The first-order valence-corrected chi connectivity index (χ1v) is 7.03. The van der Waals surface area contributed by atoms with Gasteiger partial charge in [-0.15, -0.1) is 0 Å². The predicted molar refractivity (Wildman–Crippen MR) is 73.4 cm³/mol. The molecule has 1 saturated heterocycles. The minimum atomic E-state index is -4.29. The molecule has 21 heavy (non-hydrogen) atoms. The summed E-state index contributed by atoms with van der Waals surface area (Å²) >= 11 is 0. The topological polar surface area (TPSA) is 32.3 Å². The molecule has 0 aromatic heterocycles. The number of hydrogen-bond donors (Lipinski definition) is 1. The molecule has 1 aliphatic rings. The van der Waals surface area contributed by atoms with E-state index in [1.807, 2.05) is 37.3 Å². The number of benzene rings is 1. The quantitative estimate of drug-likeness (QED) is 0.926. The lowest BCUT2D eigenvalue weighted by Crippen LogP contribution is -2.40. The van der Waals surface area contributed by atoms with Crippen LogP contribution in [0, 0.1) is 0 Å². The lowest BCUT2D eigenvalue weighted by Gasteiger charge is -2.31. The first kappa shape index (κ1) is 15.8. The van der Waals surface area contributed by atoms with Crippen molar-refractivity contribution in [3.05, 3.63) is 35.9 Å². The van der Waals surface area contributed by atoms with Crippen molar-refractivity contribution in [3.8, 4) is 0 Å². The Morgan fingerprint density at radius 2 is 1.90 bits per heavy atom.